The Labute approximate surface area is 253 Å². The van der Waals surface area contributed by atoms with E-state index in [2.05, 4.69) is 65.6 Å². The number of rotatable bonds is 7. The van der Waals surface area contributed by atoms with E-state index in [1.165, 1.54) is 28.8 Å². The number of carbonyl (C=O) groups excluding carboxylic acids is 1. The average molecular weight is 581 g/mol. The summed E-state index contributed by atoms with van der Waals surface area (Å²) in [4.78, 5) is 36.1. The first-order valence-electron chi connectivity index (χ1n) is 15.3. The molecule has 0 radical (unpaired) electrons. The second-order valence-electron chi connectivity index (χ2n) is 11.9. The van der Waals surface area contributed by atoms with Gasteiger partial charge in [0, 0.05) is 49.4 Å². The molecule has 0 saturated carbocycles. The van der Waals surface area contributed by atoms with E-state index in [1.54, 1.807) is 4.90 Å². The van der Waals surface area contributed by atoms with Gasteiger partial charge in [-0.15, -0.1) is 0 Å². The van der Waals surface area contributed by atoms with Crippen molar-refractivity contribution in [2.45, 2.75) is 57.7 Å². The van der Waals surface area contributed by atoms with E-state index in [0.717, 1.165) is 55.2 Å². The van der Waals surface area contributed by atoms with Crippen LogP contribution in [0.3, 0.4) is 0 Å². The van der Waals surface area contributed by atoms with Gasteiger partial charge in [-0.2, -0.15) is 15.2 Å². The lowest BCUT2D eigenvalue weighted by molar-refractivity contribution is -0.128. The van der Waals surface area contributed by atoms with E-state index in [9.17, 15) is 10.1 Å². The molecule has 1 aromatic carbocycles. The molecule has 0 unspecified atom stereocenters. The Hall–Kier alpha value is -4.23. The molecule has 0 N–H and O–H groups in total. The Balaban J connectivity index is 1.36. The molecule has 3 aliphatic rings. The lowest BCUT2D eigenvalue weighted by atomic mass is 10.1. The number of anilines is 2. The van der Waals surface area contributed by atoms with E-state index >= 15 is 0 Å². The molecule has 0 spiro atoms. The molecule has 3 aliphatic heterocycles. The number of nitriles is 1. The number of hydrogen-bond acceptors (Lipinski definition) is 9. The number of ether oxygens (including phenoxy) is 1. The van der Waals surface area contributed by atoms with Crippen molar-refractivity contribution in [1.82, 2.24) is 24.8 Å². The molecular formula is C33H40N8O2. The molecule has 10 heteroatoms. The summed E-state index contributed by atoms with van der Waals surface area (Å²) < 4.78 is 6.33. The SMILES string of the molecule is C=CC(=O)N1CCN(c2nc(OC[C@@H]3CCCN3C)nc3c2CCCN(c2nccc4cccc(C)c24)C3)C[C@@H]1CC#N. The van der Waals surface area contributed by atoms with Gasteiger partial charge in [-0.05, 0) is 69.3 Å². The molecule has 2 fully saturated rings. The van der Waals surface area contributed by atoms with Gasteiger partial charge in [-0.1, -0.05) is 24.8 Å². The minimum atomic E-state index is -0.239. The topological polar surface area (TPSA) is 102 Å². The lowest BCUT2D eigenvalue weighted by Crippen LogP contribution is -2.55. The number of pyridine rings is 1. The fourth-order valence-corrected chi connectivity index (χ4v) is 6.82. The number of aryl methyl sites for hydroxylation is 1. The summed E-state index contributed by atoms with van der Waals surface area (Å²) in [6.45, 7) is 10.5. The minimum absolute atomic E-state index is 0.139. The van der Waals surface area contributed by atoms with E-state index in [4.69, 9.17) is 19.7 Å². The van der Waals surface area contributed by atoms with Crippen LogP contribution in [0.4, 0.5) is 11.6 Å². The van der Waals surface area contributed by atoms with Gasteiger partial charge in [0.2, 0.25) is 5.91 Å². The van der Waals surface area contributed by atoms with Crippen molar-refractivity contribution < 1.29 is 9.53 Å². The number of nitrogens with zero attached hydrogens (tertiary/aromatic N) is 8. The number of piperazine rings is 1. The highest BCUT2D eigenvalue weighted by molar-refractivity contribution is 5.94. The van der Waals surface area contributed by atoms with Crippen LogP contribution >= 0.6 is 0 Å². The Kier molecular flexibility index (Phi) is 8.43. The summed E-state index contributed by atoms with van der Waals surface area (Å²) in [5.74, 6) is 1.70. The second-order valence-corrected chi connectivity index (χ2v) is 11.9. The number of amides is 1. The molecule has 43 heavy (non-hydrogen) atoms. The van der Waals surface area contributed by atoms with Crippen molar-refractivity contribution in [3.05, 3.63) is 59.9 Å². The maximum atomic E-state index is 12.6. The molecule has 0 bridgehead atoms. The zero-order valence-electron chi connectivity index (χ0n) is 25.2. The lowest BCUT2D eigenvalue weighted by Gasteiger charge is -2.41. The van der Waals surface area contributed by atoms with Crippen LogP contribution < -0.4 is 14.5 Å². The fraction of sp³-hybridized carbons (Fsp3) is 0.485. The molecule has 1 amide bonds. The number of hydrogen-bond donors (Lipinski definition) is 0. The second kappa shape index (κ2) is 12.6. The Morgan fingerprint density at radius 1 is 1.12 bits per heavy atom. The highest BCUT2D eigenvalue weighted by Crippen LogP contribution is 2.34. The van der Waals surface area contributed by atoms with Gasteiger partial charge in [0.05, 0.1) is 30.8 Å². The van der Waals surface area contributed by atoms with Gasteiger partial charge >= 0.3 is 6.01 Å². The molecule has 3 aromatic rings. The normalized spacial score (nSPS) is 20.9. The van der Waals surface area contributed by atoms with Crippen LogP contribution in [0.1, 0.15) is 42.5 Å². The summed E-state index contributed by atoms with van der Waals surface area (Å²) in [6.07, 6.45) is 7.49. The van der Waals surface area contributed by atoms with Gasteiger partial charge < -0.3 is 24.3 Å². The van der Waals surface area contributed by atoms with Crippen LogP contribution in [0, 0.1) is 18.3 Å². The number of fused-ring (bicyclic) bond motifs is 2. The minimum Gasteiger partial charge on any atom is -0.462 e. The van der Waals surface area contributed by atoms with Crippen LogP contribution in [0.15, 0.2) is 43.1 Å². The average Bonchev–Trinajstić information content (AvgIpc) is 3.31. The number of aromatic nitrogens is 3. The maximum Gasteiger partial charge on any atom is 0.318 e. The van der Waals surface area contributed by atoms with Crippen LogP contribution in [-0.4, -0.2) is 89.1 Å². The molecule has 10 nitrogen and oxygen atoms in total. The first-order valence-corrected chi connectivity index (χ1v) is 15.3. The largest absolute Gasteiger partial charge is 0.462 e. The summed E-state index contributed by atoms with van der Waals surface area (Å²) in [5.41, 5.74) is 3.27. The first kappa shape index (κ1) is 28.9. The number of carbonyl (C=O) groups is 1. The zero-order chi connectivity index (χ0) is 29.9. The summed E-state index contributed by atoms with van der Waals surface area (Å²) in [6, 6.07) is 11.2. The monoisotopic (exact) mass is 580 g/mol. The van der Waals surface area contributed by atoms with Gasteiger partial charge in [-0.25, -0.2) is 4.98 Å². The molecule has 224 valence electrons. The predicted molar refractivity (Wildman–Crippen MR) is 167 cm³/mol. The third-order valence-corrected chi connectivity index (χ3v) is 9.17. The van der Waals surface area contributed by atoms with Gasteiger partial charge in [0.25, 0.3) is 0 Å². The Morgan fingerprint density at radius 3 is 2.79 bits per heavy atom. The van der Waals surface area contributed by atoms with Crippen molar-refractivity contribution in [1.29, 1.82) is 5.26 Å². The fourth-order valence-electron chi connectivity index (χ4n) is 6.82. The zero-order valence-corrected chi connectivity index (χ0v) is 25.2. The quantitative estimate of drug-likeness (QED) is 0.386. The third kappa shape index (κ3) is 5.87. The molecule has 2 atom stereocenters. The summed E-state index contributed by atoms with van der Waals surface area (Å²) >= 11 is 0. The standard InChI is InChI=1S/C33H40N8O2/c1-4-29(42)41-19-18-40(20-25(41)12-14-34)31-27-11-7-17-39(32-30-23(2)8-5-9-24(30)13-15-35-32)21-28(27)36-33(37-31)43-22-26-10-6-16-38(26)3/h4-5,8-9,13,15,25-26H,1,6-7,10-12,16-22H2,2-3H3/t25-,26-/m0/s1. The van der Waals surface area contributed by atoms with Crippen LogP contribution in [0.25, 0.3) is 10.8 Å². The Bertz CT molecular complexity index is 1550. The van der Waals surface area contributed by atoms with Crippen molar-refractivity contribution in [2.75, 3.05) is 56.2 Å². The summed E-state index contributed by atoms with van der Waals surface area (Å²) in [5, 5.41) is 11.9. The molecule has 6 rings (SSSR count). The maximum absolute atomic E-state index is 12.6. The summed E-state index contributed by atoms with van der Waals surface area (Å²) in [7, 11) is 2.14. The van der Waals surface area contributed by atoms with Crippen molar-refractivity contribution in [3.8, 4) is 12.1 Å². The van der Waals surface area contributed by atoms with E-state index in [0.29, 0.717) is 44.8 Å². The van der Waals surface area contributed by atoms with Crippen LogP contribution in [-0.2, 0) is 17.8 Å². The van der Waals surface area contributed by atoms with E-state index in [1.807, 2.05) is 6.20 Å². The third-order valence-electron chi connectivity index (χ3n) is 9.17. The molecule has 0 aliphatic carbocycles. The molecule has 2 saturated heterocycles. The van der Waals surface area contributed by atoms with Crippen LogP contribution in [0.2, 0.25) is 0 Å². The van der Waals surface area contributed by atoms with Crippen molar-refractivity contribution in [3.63, 3.8) is 0 Å². The first-order chi connectivity index (χ1) is 21.0. The Morgan fingerprint density at radius 2 is 2.00 bits per heavy atom. The molecule has 5 heterocycles. The highest BCUT2D eigenvalue weighted by Gasteiger charge is 2.33. The van der Waals surface area contributed by atoms with Crippen molar-refractivity contribution in [2.24, 2.45) is 0 Å². The number of likely N-dealkylation sites (N-methyl/N-ethyl adjacent to an activating group) is 1. The van der Waals surface area contributed by atoms with E-state index < -0.39 is 0 Å². The predicted octanol–water partition coefficient (Wildman–Crippen LogP) is 3.88. The van der Waals surface area contributed by atoms with Gasteiger partial charge in [-0.3, -0.25) is 4.79 Å². The van der Waals surface area contributed by atoms with Gasteiger partial charge in [0.15, 0.2) is 0 Å². The molecular weight excluding hydrogens is 540 g/mol. The number of benzene rings is 1. The van der Waals surface area contributed by atoms with Crippen molar-refractivity contribution >= 4 is 28.3 Å². The van der Waals surface area contributed by atoms with Crippen LogP contribution in [0.5, 0.6) is 6.01 Å². The number of likely N-dealkylation sites (tertiary alicyclic amines) is 1. The smallest absolute Gasteiger partial charge is 0.318 e. The molecule has 2 aromatic heterocycles. The van der Waals surface area contributed by atoms with E-state index in [-0.39, 0.29) is 18.4 Å². The highest BCUT2D eigenvalue weighted by atomic mass is 16.5. The van der Waals surface area contributed by atoms with Gasteiger partial charge in [0.1, 0.15) is 18.2 Å².